The van der Waals surface area contributed by atoms with Crippen molar-refractivity contribution in [2.75, 3.05) is 13.2 Å². The first-order chi connectivity index (χ1) is 8.62. The second-order valence-corrected chi connectivity index (χ2v) is 3.96. The fourth-order valence-electron chi connectivity index (χ4n) is 1.86. The first kappa shape index (κ1) is 16.7. The standard InChI is InChI=1S/C14H24O4/c1-5-9-11(10-6-2)12(13(15)17-7-3)14(16)18-8-4/h5,9,11-12H,6-8,10H2,1-4H3/b9-5+. The number of ether oxygens (including phenoxy) is 2. The van der Waals surface area contributed by atoms with Gasteiger partial charge in [-0.1, -0.05) is 25.5 Å². The minimum absolute atomic E-state index is 0.155. The Morgan fingerprint density at radius 3 is 1.89 bits per heavy atom. The fraction of sp³-hybridized carbons (Fsp3) is 0.714. The Kier molecular flexibility index (Phi) is 8.97. The average molecular weight is 256 g/mol. The molecule has 1 unspecified atom stereocenters. The molecule has 0 radical (unpaired) electrons. The van der Waals surface area contributed by atoms with Crippen LogP contribution in [0.2, 0.25) is 0 Å². The van der Waals surface area contributed by atoms with E-state index in [1.54, 1.807) is 13.8 Å². The number of carbonyl (C=O) groups is 2. The van der Waals surface area contributed by atoms with Gasteiger partial charge in [-0.15, -0.1) is 0 Å². The van der Waals surface area contributed by atoms with Crippen LogP contribution in [-0.2, 0) is 19.1 Å². The lowest BCUT2D eigenvalue weighted by Crippen LogP contribution is -2.33. The molecule has 0 saturated carbocycles. The summed E-state index contributed by atoms with van der Waals surface area (Å²) >= 11 is 0. The van der Waals surface area contributed by atoms with Crippen molar-refractivity contribution < 1.29 is 19.1 Å². The zero-order chi connectivity index (χ0) is 14.0. The van der Waals surface area contributed by atoms with Crippen LogP contribution in [0.3, 0.4) is 0 Å². The third-order valence-electron chi connectivity index (χ3n) is 2.57. The summed E-state index contributed by atoms with van der Waals surface area (Å²) in [5.41, 5.74) is 0. The van der Waals surface area contributed by atoms with Crippen LogP contribution in [0, 0.1) is 11.8 Å². The summed E-state index contributed by atoms with van der Waals surface area (Å²) in [6.45, 7) is 7.88. The van der Waals surface area contributed by atoms with Crippen LogP contribution in [0.1, 0.15) is 40.5 Å². The van der Waals surface area contributed by atoms with E-state index in [4.69, 9.17) is 9.47 Å². The minimum Gasteiger partial charge on any atom is -0.465 e. The molecule has 4 heteroatoms. The summed E-state index contributed by atoms with van der Waals surface area (Å²) in [5.74, 6) is -1.99. The third-order valence-corrected chi connectivity index (χ3v) is 2.57. The summed E-state index contributed by atoms with van der Waals surface area (Å²) in [5, 5.41) is 0. The minimum atomic E-state index is -0.846. The van der Waals surface area contributed by atoms with Gasteiger partial charge in [-0.05, 0) is 27.2 Å². The predicted molar refractivity (Wildman–Crippen MR) is 70.0 cm³/mol. The highest BCUT2D eigenvalue weighted by Crippen LogP contribution is 2.22. The molecule has 0 saturated heterocycles. The van der Waals surface area contributed by atoms with Gasteiger partial charge in [-0.25, -0.2) is 0 Å². The van der Waals surface area contributed by atoms with E-state index in [9.17, 15) is 9.59 Å². The zero-order valence-corrected chi connectivity index (χ0v) is 11.8. The highest BCUT2D eigenvalue weighted by molar-refractivity contribution is 5.95. The van der Waals surface area contributed by atoms with Gasteiger partial charge in [-0.2, -0.15) is 0 Å². The van der Waals surface area contributed by atoms with Gasteiger partial charge in [0.1, 0.15) is 0 Å². The van der Waals surface area contributed by atoms with Crippen LogP contribution in [0.4, 0.5) is 0 Å². The summed E-state index contributed by atoms with van der Waals surface area (Å²) in [6.07, 6.45) is 5.38. The summed E-state index contributed by atoms with van der Waals surface area (Å²) in [4.78, 5) is 23.8. The maximum Gasteiger partial charge on any atom is 0.320 e. The number of hydrogen-bond donors (Lipinski definition) is 0. The average Bonchev–Trinajstić information content (AvgIpc) is 2.30. The van der Waals surface area contributed by atoms with Gasteiger partial charge in [0, 0.05) is 5.92 Å². The fourth-order valence-corrected chi connectivity index (χ4v) is 1.86. The van der Waals surface area contributed by atoms with Gasteiger partial charge in [0.15, 0.2) is 5.92 Å². The molecule has 104 valence electrons. The van der Waals surface area contributed by atoms with Crippen molar-refractivity contribution in [1.82, 2.24) is 0 Å². The molecule has 18 heavy (non-hydrogen) atoms. The summed E-state index contributed by atoms with van der Waals surface area (Å²) in [6, 6.07) is 0. The second kappa shape index (κ2) is 9.68. The Balaban J connectivity index is 5.01. The van der Waals surface area contributed by atoms with Crippen LogP contribution in [-0.4, -0.2) is 25.2 Å². The van der Waals surface area contributed by atoms with E-state index in [0.717, 1.165) is 12.8 Å². The Bertz CT molecular complexity index is 266. The van der Waals surface area contributed by atoms with Gasteiger partial charge >= 0.3 is 11.9 Å². The molecule has 0 aliphatic carbocycles. The smallest absolute Gasteiger partial charge is 0.320 e. The Morgan fingerprint density at radius 1 is 1.06 bits per heavy atom. The molecule has 0 fully saturated rings. The van der Waals surface area contributed by atoms with Crippen molar-refractivity contribution in [2.45, 2.75) is 40.5 Å². The molecule has 4 nitrogen and oxygen atoms in total. The van der Waals surface area contributed by atoms with Crippen molar-refractivity contribution in [1.29, 1.82) is 0 Å². The zero-order valence-electron chi connectivity index (χ0n) is 11.8. The molecule has 0 amide bonds. The molecule has 0 heterocycles. The van der Waals surface area contributed by atoms with Crippen LogP contribution >= 0.6 is 0 Å². The monoisotopic (exact) mass is 256 g/mol. The van der Waals surface area contributed by atoms with Gasteiger partial charge in [0.2, 0.25) is 0 Å². The van der Waals surface area contributed by atoms with Gasteiger partial charge in [0.05, 0.1) is 13.2 Å². The molecular formula is C14H24O4. The molecule has 0 aromatic carbocycles. The van der Waals surface area contributed by atoms with E-state index in [2.05, 4.69) is 0 Å². The first-order valence-corrected chi connectivity index (χ1v) is 6.58. The SMILES string of the molecule is C/C=C/C(CCC)C(C(=O)OCC)C(=O)OCC. The number of carbonyl (C=O) groups excluding carboxylic acids is 2. The molecule has 0 spiro atoms. The number of allylic oxidation sites excluding steroid dienone is 2. The van der Waals surface area contributed by atoms with E-state index >= 15 is 0 Å². The molecule has 0 rings (SSSR count). The lowest BCUT2D eigenvalue weighted by Gasteiger charge is -2.21. The molecule has 0 aliphatic heterocycles. The topological polar surface area (TPSA) is 52.6 Å². The Hall–Kier alpha value is -1.32. The van der Waals surface area contributed by atoms with E-state index < -0.39 is 17.9 Å². The first-order valence-electron chi connectivity index (χ1n) is 6.58. The normalized spacial score (nSPS) is 12.7. The maximum atomic E-state index is 11.9. The third kappa shape index (κ3) is 5.34. The van der Waals surface area contributed by atoms with Crippen LogP contribution < -0.4 is 0 Å². The van der Waals surface area contributed by atoms with E-state index in [-0.39, 0.29) is 19.1 Å². The molecule has 0 aromatic heterocycles. The predicted octanol–water partition coefficient (Wildman–Crippen LogP) is 2.72. The molecular weight excluding hydrogens is 232 g/mol. The second-order valence-electron chi connectivity index (χ2n) is 3.96. The molecule has 0 bridgehead atoms. The number of esters is 2. The van der Waals surface area contributed by atoms with Crippen molar-refractivity contribution in [3.05, 3.63) is 12.2 Å². The van der Waals surface area contributed by atoms with Crippen LogP contribution in [0.25, 0.3) is 0 Å². The molecule has 0 aromatic rings. The number of hydrogen-bond acceptors (Lipinski definition) is 4. The van der Waals surface area contributed by atoms with E-state index in [1.165, 1.54) is 0 Å². The largest absolute Gasteiger partial charge is 0.465 e. The quantitative estimate of drug-likeness (QED) is 0.380. The summed E-state index contributed by atoms with van der Waals surface area (Å²) < 4.78 is 9.94. The van der Waals surface area contributed by atoms with Crippen molar-refractivity contribution in [3.63, 3.8) is 0 Å². The molecule has 1 atom stereocenters. The van der Waals surface area contributed by atoms with Crippen molar-refractivity contribution in [2.24, 2.45) is 11.8 Å². The van der Waals surface area contributed by atoms with Gasteiger partial charge in [0.25, 0.3) is 0 Å². The lowest BCUT2D eigenvalue weighted by molar-refractivity contribution is -0.163. The van der Waals surface area contributed by atoms with E-state index in [1.807, 2.05) is 26.0 Å². The van der Waals surface area contributed by atoms with Crippen molar-refractivity contribution >= 4 is 11.9 Å². The van der Waals surface area contributed by atoms with E-state index in [0.29, 0.717) is 0 Å². The number of rotatable bonds is 8. The van der Waals surface area contributed by atoms with Crippen molar-refractivity contribution in [3.8, 4) is 0 Å². The Labute approximate surface area is 109 Å². The molecule has 0 aliphatic rings. The highest BCUT2D eigenvalue weighted by Gasteiger charge is 2.35. The van der Waals surface area contributed by atoms with Crippen LogP contribution in [0.15, 0.2) is 12.2 Å². The maximum absolute atomic E-state index is 11.9. The van der Waals surface area contributed by atoms with Gasteiger partial charge < -0.3 is 9.47 Å². The van der Waals surface area contributed by atoms with Crippen LogP contribution in [0.5, 0.6) is 0 Å². The lowest BCUT2D eigenvalue weighted by atomic mass is 9.88. The molecule has 0 N–H and O–H groups in total. The highest BCUT2D eigenvalue weighted by atomic mass is 16.6. The van der Waals surface area contributed by atoms with Gasteiger partial charge in [-0.3, -0.25) is 9.59 Å². The Morgan fingerprint density at radius 2 is 1.56 bits per heavy atom. The summed E-state index contributed by atoms with van der Waals surface area (Å²) in [7, 11) is 0.